The summed E-state index contributed by atoms with van der Waals surface area (Å²) in [5, 5.41) is 4.18. The highest BCUT2D eigenvalue weighted by atomic mass is 16.5. The van der Waals surface area contributed by atoms with Crippen LogP contribution in [0.25, 0.3) is 10.9 Å². The monoisotopic (exact) mass is 334 g/mol. The molecule has 3 aromatic rings. The standard InChI is InChI=1S/C21H22N2O2/c1-14-18-11-12-23(2)20(18)10-9-19(14)22-21(24)16-5-7-17(8-6-16)25-13-15-3-4-15/h5-12,15H,3-4,13H2,1-2H3,(H,22,24). The fourth-order valence-electron chi connectivity index (χ4n) is 3.03. The molecule has 128 valence electrons. The predicted octanol–water partition coefficient (Wildman–Crippen LogP) is 4.53. The Kier molecular flexibility index (Phi) is 3.96. The van der Waals surface area contributed by atoms with Crippen LogP contribution in [0.3, 0.4) is 0 Å². The van der Waals surface area contributed by atoms with Crippen molar-refractivity contribution in [3.05, 3.63) is 59.8 Å². The maximum Gasteiger partial charge on any atom is 0.255 e. The van der Waals surface area contributed by atoms with Crippen molar-refractivity contribution in [1.29, 1.82) is 0 Å². The molecule has 1 aromatic heterocycles. The van der Waals surface area contributed by atoms with Gasteiger partial charge in [-0.25, -0.2) is 0 Å². The first kappa shape index (κ1) is 15.8. The lowest BCUT2D eigenvalue weighted by Crippen LogP contribution is -2.12. The number of benzene rings is 2. The Morgan fingerprint density at radius 2 is 1.92 bits per heavy atom. The van der Waals surface area contributed by atoms with Crippen molar-refractivity contribution in [1.82, 2.24) is 4.57 Å². The number of rotatable bonds is 5. The number of ether oxygens (including phenoxy) is 1. The van der Waals surface area contributed by atoms with Gasteiger partial charge in [-0.15, -0.1) is 0 Å². The third-order valence-electron chi connectivity index (χ3n) is 4.88. The third kappa shape index (κ3) is 3.25. The number of hydrogen-bond donors (Lipinski definition) is 1. The Bertz CT molecular complexity index is 921. The topological polar surface area (TPSA) is 43.3 Å². The molecule has 0 bridgehead atoms. The number of hydrogen-bond acceptors (Lipinski definition) is 2. The van der Waals surface area contributed by atoms with Crippen molar-refractivity contribution >= 4 is 22.5 Å². The van der Waals surface area contributed by atoms with E-state index in [4.69, 9.17) is 4.74 Å². The molecule has 1 heterocycles. The van der Waals surface area contributed by atoms with Crippen LogP contribution in [0.4, 0.5) is 5.69 Å². The van der Waals surface area contributed by atoms with Crippen molar-refractivity contribution < 1.29 is 9.53 Å². The minimum Gasteiger partial charge on any atom is -0.493 e. The van der Waals surface area contributed by atoms with Gasteiger partial charge in [0.1, 0.15) is 5.75 Å². The van der Waals surface area contributed by atoms with Crippen LogP contribution in [0, 0.1) is 12.8 Å². The Hall–Kier alpha value is -2.75. The zero-order chi connectivity index (χ0) is 17.4. The average Bonchev–Trinajstić information content (AvgIpc) is 3.38. The molecule has 0 aliphatic heterocycles. The van der Waals surface area contributed by atoms with Crippen LogP contribution >= 0.6 is 0 Å². The molecule has 0 unspecified atom stereocenters. The van der Waals surface area contributed by atoms with Crippen molar-refractivity contribution in [2.75, 3.05) is 11.9 Å². The van der Waals surface area contributed by atoms with Crippen molar-refractivity contribution in [3.63, 3.8) is 0 Å². The van der Waals surface area contributed by atoms with Crippen LogP contribution in [0.5, 0.6) is 5.75 Å². The Morgan fingerprint density at radius 1 is 1.16 bits per heavy atom. The van der Waals surface area contributed by atoms with E-state index in [0.717, 1.165) is 40.4 Å². The van der Waals surface area contributed by atoms with Gasteiger partial charge in [0.05, 0.1) is 6.61 Å². The number of carbonyl (C=O) groups excluding carboxylic acids is 1. The third-order valence-corrected chi connectivity index (χ3v) is 4.88. The van der Waals surface area contributed by atoms with Gasteiger partial charge in [0.25, 0.3) is 5.91 Å². The van der Waals surface area contributed by atoms with E-state index >= 15 is 0 Å². The van der Waals surface area contributed by atoms with Gasteiger partial charge in [-0.2, -0.15) is 0 Å². The van der Waals surface area contributed by atoms with E-state index in [2.05, 4.69) is 16.0 Å². The molecule has 0 spiro atoms. The number of carbonyl (C=O) groups is 1. The van der Waals surface area contributed by atoms with Gasteiger partial charge < -0.3 is 14.6 Å². The molecule has 25 heavy (non-hydrogen) atoms. The van der Waals surface area contributed by atoms with Crippen LogP contribution in [-0.2, 0) is 7.05 Å². The maximum absolute atomic E-state index is 12.5. The first-order valence-corrected chi connectivity index (χ1v) is 8.70. The van der Waals surface area contributed by atoms with Crippen LogP contribution in [0.15, 0.2) is 48.7 Å². The molecule has 0 saturated heterocycles. The molecule has 4 heteroatoms. The molecule has 4 nitrogen and oxygen atoms in total. The molecule has 0 atom stereocenters. The number of fused-ring (bicyclic) bond motifs is 1. The van der Waals surface area contributed by atoms with Gasteiger partial charge in [0.2, 0.25) is 0 Å². The summed E-state index contributed by atoms with van der Waals surface area (Å²) in [5.41, 5.74) is 3.72. The van der Waals surface area contributed by atoms with Gasteiger partial charge in [0.15, 0.2) is 0 Å². The minimum atomic E-state index is -0.105. The molecular formula is C21H22N2O2. The molecule has 1 amide bonds. The Balaban J connectivity index is 1.48. The first-order valence-electron chi connectivity index (χ1n) is 8.70. The van der Waals surface area contributed by atoms with Gasteiger partial charge in [-0.1, -0.05) is 0 Å². The van der Waals surface area contributed by atoms with Crippen molar-refractivity contribution in [2.45, 2.75) is 19.8 Å². The van der Waals surface area contributed by atoms with Crippen molar-refractivity contribution in [2.24, 2.45) is 13.0 Å². The number of amides is 1. The quantitative estimate of drug-likeness (QED) is 0.745. The molecule has 1 saturated carbocycles. The number of nitrogens with one attached hydrogen (secondary N) is 1. The first-order chi connectivity index (χ1) is 12.1. The molecule has 1 aliphatic rings. The zero-order valence-corrected chi connectivity index (χ0v) is 14.6. The number of nitrogens with zero attached hydrogens (tertiary/aromatic N) is 1. The van der Waals surface area contributed by atoms with Gasteiger partial charge in [-0.3, -0.25) is 4.79 Å². The van der Waals surface area contributed by atoms with E-state index in [-0.39, 0.29) is 5.91 Å². The van der Waals surface area contributed by atoms with Gasteiger partial charge in [-0.05, 0) is 73.7 Å². The van der Waals surface area contributed by atoms with E-state index in [9.17, 15) is 4.79 Å². The van der Waals surface area contributed by atoms with E-state index < -0.39 is 0 Å². The van der Waals surface area contributed by atoms with E-state index in [0.29, 0.717) is 5.56 Å². The SMILES string of the molecule is Cc1c(NC(=O)c2ccc(OCC3CC3)cc2)ccc2c1ccn2C. The van der Waals surface area contributed by atoms with Gasteiger partial charge >= 0.3 is 0 Å². The Morgan fingerprint density at radius 3 is 2.64 bits per heavy atom. The molecule has 4 rings (SSSR count). The highest BCUT2D eigenvalue weighted by Gasteiger charge is 2.21. The zero-order valence-electron chi connectivity index (χ0n) is 14.6. The largest absolute Gasteiger partial charge is 0.493 e. The summed E-state index contributed by atoms with van der Waals surface area (Å²) < 4.78 is 7.80. The second-order valence-electron chi connectivity index (χ2n) is 6.83. The van der Waals surface area contributed by atoms with Crippen LogP contribution < -0.4 is 10.1 Å². The molecule has 1 aliphatic carbocycles. The number of aromatic nitrogens is 1. The Labute approximate surface area is 147 Å². The normalized spacial score (nSPS) is 13.8. The van der Waals surface area contributed by atoms with Gasteiger partial charge in [0, 0.05) is 35.4 Å². The summed E-state index contributed by atoms with van der Waals surface area (Å²) in [6.45, 7) is 2.81. The maximum atomic E-state index is 12.5. The van der Waals surface area contributed by atoms with Crippen LogP contribution in [0.1, 0.15) is 28.8 Å². The fourth-order valence-corrected chi connectivity index (χ4v) is 3.03. The lowest BCUT2D eigenvalue weighted by molar-refractivity contribution is 0.102. The second kappa shape index (κ2) is 6.28. The average molecular weight is 334 g/mol. The predicted molar refractivity (Wildman–Crippen MR) is 100 cm³/mol. The summed E-state index contributed by atoms with van der Waals surface area (Å²) in [6.07, 6.45) is 4.57. The van der Waals surface area contributed by atoms with E-state index in [1.807, 2.05) is 56.6 Å². The lowest BCUT2D eigenvalue weighted by atomic mass is 10.1. The van der Waals surface area contributed by atoms with E-state index in [1.54, 1.807) is 0 Å². The molecule has 0 radical (unpaired) electrons. The summed E-state index contributed by atoms with van der Waals surface area (Å²) in [5.74, 6) is 1.44. The number of aryl methyl sites for hydroxylation is 2. The van der Waals surface area contributed by atoms with E-state index in [1.165, 1.54) is 12.8 Å². The molecule has 2 aromatic carbocycles. The summed E-state index contributed by atoms with van der Waals surface area (Å²) in [6, 6.07) is 13.4. The molecule has 1 N–H and O–H groups in total. The summed E-state index contributed by atoms with van der Waals surface area (Å²) in [4.78, 5) is 12.5. The second-order valence-corrected chi connectivity index (χ2v) is 6.83. The molecular weight excluding hydrogens is 312 g/mol. The molecule has 1 fully saturated rings. The lowest BCUT2D eigenvalue weighted by Gasteiger charge is -2.11. The summed E-state index contributed by atoms with van der Waals surface area (Å²) in [7, 11) is 2.02. The van der Waals surface area contributed by atoms with Crippen LogP contribution in [0.2, 0.25) is 0 Å². The number of anilines is 1. The highest BCUT2D eigenvalue weighted by Crippen LogP contribution is 2.30. The highest BCUT2D eigenvalue weighted by molar-refractivity contribution is 6.06. The minimum absolute atomic E-state index is 0.105. The smallest absolute Gasteiger partial charge is 0.255 e. The summed E-state index contributed by atoms with van der Waals surface area (Å²) >= 11 is 0. The van der Waals surface area contributed by atoms with Crippen molar-refractivity contribution in [3.8, 4) is 5.75 Å². The van der Waals surface area contributed by atoms with Crippen LogP contribution in [-0.4, -0.2) is 17.1 Å². The fraction of sp³-hybridized carbons (Fsp3) is 0.286.